The van der Waals surface area contributed by atoms with Crippen LogP contribution < -0.4 is 4.74 Å². The summed E-state index contributed by atoms with van der Waals surface area (Å²) in [4.78, 5) is 23.9. The van der Waals surface area contributed by atoms with Gasteiger partial charge in [0, 0.05) is 19.3 Å². The van der Waals surface area contributed by atoms with Crippen LogP contribution in [0.3, 0.4) is 0 Å². The Hall–Kier alpha value is -2.71. The third-order valence-electron chi connectivity index (χ3n) is 11.3. The molecule has 47 heavy (non-hydrogen) atoms. The van der Waals surface area contributed by atoms with Crippen LogP contribution >= 0.6 is 0 Å². The van der Waals surface area contributed by atoms with Gasteiger partial charge in [0.2, 0.25) is 0 Å². The summed E-state index contributed by atoms with van der Waals surface area (Å²) >= 11 is 0. The minimum atomic E-state index is -3.68. The number of aryl methyl sites for hydroxylation is 2. The summed E-state index contributed by atoms with van der Waals surface area (Å²) in [5.74, 6) is 2.36. The van der Waals surface area contributed by atoms with Crippen molar-refractivity contribution in [3.05, 3.63) is 59.2 Å². The van der Waals surface area contributed by atoms with Crippen molar-refractivity contribution in [1.82, 2.24) is 0 Å². The molecular weight excluding hydrogens is 612 g/mol. The monoisotopic (exact) mass is 666 g/mol. The Labute approximate surface area is 282 Å². The van der Waals surface area contributed by atoms with Crippen LogP contribution in [0.4, 0.5) is 0 Å². The maximum Gasteiger partial charge on any atom is 0.308 e. The highest BCUT2D eigenvalue weighted by Crippen LogP contribution is 2.64. The molecule has 0 aromatic heterocycles. The molecule has 2 saturated carbocycles. The lowest BCUT2D eigenvalue weighted by molar-refractivity contribution is -0.156. The van der Waals surface area contributed by atoms with E-state index in [1.807, 2.05) is 13.0 Å². The maximum atomic E-state index is 12.4. The molecule has 3 aliphatic rings. The lowest BCUT2D eigenvalue weighted by atomic mass is 9.51. The SMILES string of the molecule is CC(=O)Oc1ccc2c(c1)CC[C@@H]1[C@@H]2[C@@H](CCCCCCCCCCOS(=O)(=O)c2ccc(C)cc2)C[C@]2(C)[C@@H](OC(C)=O)CC[C@@H]12. The largest absolute Gasteiger partial charge is 0.462 e. The minimum Gasteiger partial charge on any atom is -0.462 e. The van der Waals surface area contributed by atoms with Crippen LogP contribution in [0, 0.1) is 30.1 Å². The standard InChI is InChI=1S/C39H54O7S/c1-27-14-18-33(19-15-27)47(42,43)44-24-12-10-8-6-5-7-9-11-13-31-26-39(4)36(22-23-37(39)46-29(3)41)35-20-16-30-25-32(45-28(2)40)17-21-34(30)38(31)35/h14-15,17-19,21,25,31,35-38H,5-13,16,20,22-24,26H2,1-4H3/t31-,35-,36-,37-,38+,39-/m0/s1. The topological polar surface area (TPSA) is 96.0 Å². The fraction of sp³-hybridized carbons (Fsp3) is 0.641. The molecule has 0 unspecified atom stereocenters. The summed E-state index contributed by atoms with van der Waals surface area (Å²) in [6.07, 6.45) is 15.2. The van der Waals surface area contributed by atoms with Gasteiger partial charge in [0.05, 0.1) is 11.5 Å². The van der Waals surface area contributed by atoms with Crippen LogP contribution in [-0.2, 0) is 35.0 Å². The van der Waals surface area contributed by atoms with Gasteiger partial charge in [0.15, 0.2) is 0 Å². The van der Waals surface area contributed by atoms with E-state index in [1.165, 1.54) is 50.2 Å². The molecule has 0 aliphatic heterocycles. The molecule has 0 amide bonds. The summed E-state index contributed by atoms with van der Waals surface area (Å²) in [7, 11) is -3.68. The zero-order chi connectivity index (χ0) is 33.6. The lowest BCUT2D eigenvalue weighted by Crippen LogP contribution is -2.48. The van der Waals surface area contributed by atoms with Gasteiger partial charge < -0.3 is 9.47 Å². The summed E-state index contributed by atoms with van der Waals surface area (Å²) in [5.41, 5.74) is 3.81. The fourth-order valence-corrected chi connectivity index (χ4v) is 10.2. The van der Waals surface area contributed by atoms with Crippen LogP contribution in [-0.4, -0.2) is 33.1 Å². The number of carbonyl (C=O) groups excluding carboxylic acids is 2. The highest BCUT2D eigenvalue weighted by atomic mass is 32.2. The molecule has 258 valence electrons. The smallest absolute Gasteiger partial charge is 0.308 e. The number of ether oxygens (including phenoxy) is 2. The van der Waals surface area contributed by atoms with E-state index in [4.69, 9.17) is 13.7 Å². The maximum absolute atomic E-state index is 12.4. The molecule has 8 heteroatoms. The first-order chi connectivity index (χ1) is 22.5. The first-order valence-corrected chi connectivity index (χ1v) is 19.3. The molecule has 2 aromatic rings. The number of benzene rings is 2. The first kappa shape index (κ1) is 35.6. The highest BCUT2D eigenvalue weighted by Gasteiger charge is 2.58. The molecule has 6 atom stereocenters. The van der Waals surface area contributed by atoms with E-state index < -0.39 is 10.1 Å². The van der Waals surface area contributed by atoms with Gasteiger partial charge in [0.25, 0.3) is 10.1 Å². The second-order valence-electron chi connectivity index (χ2n) is 14.6. The Bertz CT molecular complexity index is 1480. The van der Waals surface area contributed by atoms with Gasteiger partial charge >= 0.3 is 11.9 Å². The predicted octanol–water partition coefficient (Wildman–Crippen LogP) is 8.85. The van der Waals surface area contributed by atoms with E-state index in [9.17, 15) is 18.0 Å². The zero-order valence-electron chi connectivity index (χ0n) is 28.8. The molecule has 0 saturated heterocycles. The molecular formula is C39H54O7S. The van der Waals surface area contributed by atoms with Crippen LogP contribution in [0.25, 0.3) is 0 Å². The number of esters is 2. The van der Waals surface area contributed by atoms with Crippen molar-refractivity contribution in [2.45, 2.75) is 135 Å². The average Bonchev–Trinajstić information content (AvgIpc) is 3.34. The second kappa shape index (κ2) is 15.7. The predicted molar refractivity (Wildman–Crippen MR) is 183 cm³/mol. The molecule has 0 spiro atoms. The van der Waals surface area contributed by atoms with E-state index in [0.717, 1.165) is 63.4 Å². The van der Waals surface area contributed by atoms with Crippen LogP contribution in [0.15, 0.2) is 47.4 Å². The molecule has 0 radical (unpaired) electrons. The Morgan fingerprint density at radius 1 is 0.851 bits per heavy atom. The quantitative estimate of drug-likeness (QED) is 0.0811. The van der Waals surface area contributed by atoms with Crippen molar-refractivity contribution in [2.75, 3.05) is 6.61 Å². The van der Waals surface area contributed by atoms with Crippen LogP contribution in [0.2, 0.25) is 0 Å². The molecule has 0 N–H and O–H groups in total. The Balaban J connectivity index is 1.10. The molecule has 2 fully saturated rings. The highest BCUT2D eigenvalue weighted by molar-refractivity contribution is 7.86. The number of unbranched alkanes of at least 4 members (excludes halogenated alkanes) is 7. The van der Waals surface area contributed by atoms with Crippen LogP contribution in [0.1, 0.15) is 127 Å². The normalized spacial score (nSPS) is 26.6. The molecule has 2 aromatic carbocycles. The van der Waals surface area contributed by atoms with Gasteiger partial charge in [0.1, 0.15) is 11.9 Å². The van der Waals surface area contributed by atoms with Gasteiger partial charge in [-0.2, -0.15) is 8.42 Å². The second-order valence-corrected chi connectivity index (χ2v) is 16.3. The van der Waals surface area contributed by atoms with Gasteiger partial charge in [-0.25, -0.2) is 0 Å². The van der Waals surface area contributed by atoms with Gasteiger partial charge in [-0.3, -0.25) is 13.8 Å². The molecule has 3 aliphatic carbocycles. The Morgan fingerprint density at radius 3 is 2.21 bits per heavy atom. The lowest BCUT2D eigenvalue weighted by Gasteiger charge is -2.54. The number of hydrogen-bond donors (Lipinski definition) is 0. The first-order valence-electron chi connectivity index (χ1n) is 17.9. The molecule has 0 bridgehead atoms. The summed E-state index contributed by atoms with van der Waals surface area (Å²) < 4.78 is 41.3. The third kappa shape index (κ3) is 8.66. The van der Waals surface area contributed by atoms with Crippen molar-refractivity contribution in [3.63, 3.8) is 0 Å². The zero-order valence-corrected chi connectivity index (χ0v) is 29.6. The van der Waals surface area contributed by atoms with Gasteiger partial charge in [-0.05, 0) is 111 Å². The van der Waals surface area contributed by atoms with Crippen molar-refractivity contribution in [1.29, 1.82) is 0 Å². The Morgan fingerprint density at radius 2 is 1.53 bits per heavy atom. The molecule has 5 rings (SSSR count). The number of fused-ring (bicyclic) bond motifs is 5. The van der Waals surface area contributed by atoms with E-state index in [-0.39, 0.29) is 35.0 Å². The summed E-state index contributed by atoms with van der Waals surface area (Å²) in [6, 6.07) is 13.0. The number of carbonyl (C=O) groups is 2. The van der Waals surface area contributed by atoms with Crippen molar-refractivity contribution >= 4 is 22.1 Å². The van der Waals surface area contributed by atoms with E-state index in [2.05, 4.69) is 19.1 Å². The van der Waals surface area contributed by atoms with Crippen molar-refractivity contribution in [3.8, 4) is 5.75 Å². The third-order valence-corrected chi connectivity index (χ3v) is 12.6. The van der Waals surface area contributed by atoms with E-state index in [0.29, 0.717) is 29.4 Å². The Kier molecular flexibility index (Phi) is 11.9. The van der Waals surface area contributed by atoms with Crippen LogP contribution in [0.5, 0.6) is 5.75 Å². The van der Waals surface area contributed by atoms with Crippen molar-refractivity contribution in [2.24, 2.45) is 23.2 Å². The molecule has 0 heterocycles. The van der Waals surface area contributed by atoms with Crippen molar-refractivity contribution < 1.29 is 31.7 Å². The van der Waals surface area contributed by atoms with E-state index >= 15 is 0 Å². The fourth-order valence-electron chi connectivity index (χ4n) is 9.23. The number of rotatable bonds is 15. The van der Waals surface area contributed by atoms with Gasteiger partial charge in [-0.15, -0.1) is 0 Å². The molecule has 7 nitrogen and oxygen atoms in total. The average molecular weight is 667 g/mol. The number of hydrogen-bond acceptors (Lipinski definition) is 7. The van der Waals surface area contributed by atoms with Gasteiger partial charge in [-0.1, -0.05) is 75.6 Å². The van der Waals surface area contributed by atoms with E-state index in [1.54, 1.807) is 31.2 Å². The minimum absolute atomic E-state index is 0.00861. The summed E-state index contributed by atoms with van der Waals surface area (Å²) in [6.45, 7) is 7.54. The summed E-state index contributed by atoms with van der Waals surface area (Å²) in [5, 5.41) is 0.